The number of benzene rings is 3. The van der Waals surface area contributed by atoms with Crippen LogP contribution in [0.15, 0.2) is 78.9 Å². The van der Waals surface area contributed by atoms with Gasteiger partial charge in [0.25, 0.3) is 0 Å². The predicted molar refractivity (Wildman–Crippen MR) is 123 cm³/mol. The van der Waals surface area contributed by atoms with Crippen LogP contribution in [-0.2, 0) is 4.79 Å². The van der Waals surface area contributed by atoms with Crippen molar-refractivity contribution in [2.75, 3.05) is 35.2 Å². The number of piperidine rings is 1. The summed E-state index contributed by atoms with van der Waals surface area (Å²) in [6.45, 7) is 2.31. The molecule has 1 aliphatic rings. The van der Waals surface area contributed by atoms with Crippen LogP contribution in [-0.4, -0.2) is 25.5 Å². The first-order chi connectivity index (χ1) is 14.8. The summed E-state index contributed by atoms with van der Waals surface area (Å²) in [7, 11) is 0. The summed E-state index contributed by atoms with van der Waals surface area (Å²) in [5.41, 5.74) is 2.80. The van der Waals surface area contributed by atoms with Crippen LogP contribution in [0.25, 0.3) is 0 Å². The number of hydrogen-bond donors (Lipinski definition) is 2. The summed E-state index contributed by atoms with van der Waals surface area (Å²) in [5, 5.41) is 6.27. The lowest BCUT2D eigenvalue weighted by Gasteiger charge is -2.30. The fourth-order valence-corrected chi connectivity index (χ4v) is 3.68. The van der Waals surface area contributed by atoms with E-state index in [1.165, 1.54) is 19.3 Å². The van der Waals surface area contributed by atoms with Crippen LogP contribution in [0, 0.1) is 0 Å². The Morgan fingerprint density at radius 1 is 0.800 bits per heavy atom. The molecule has 1 saturated heterocycles. The maximum absolute atomic E-state index is 12.6. The minimum absolute atomic E-state index is 0.118. The Morgan fingerprint density at radius 2 is 1.47 bits per heavy atom. The zero-order valence-corrected chi connectivity index (χ0v) is 17.0. The van der Waals surface area contributed by atoms with E-state index in [1.807, 2.05) is 72.8 Å². The molecular weight excluding hydrogens is 374 g/mol. The van der Waals surface area contributed by atoms with E-state index in [2.05, 4.69) is 21.6 Å². The van der Waals surface area contributed by atoms with E-state index in [0.29, 0.717) is 11.4 Å². The second-order valence-electron chi connectivity index (χ2n) is 7.38. The average molecular weight is 402 g/mol. The third-order valence-corrected chi connectivity index (χ3v) is 5.17. The molecule has 0 aliphatic carbocycles. The molecule has 1 aliphatic heterocycles. The predicted octanol–water partition coefficient (Wildman–Crippen LogP) is 5.52. The van der Waals surface area contributed by atoms with Gasteiger partial charge in [-0.1, -0.05) is 42.5 Å². The lowest BCUT2D eigenvalue weighted by atomic mass is 10.1. The molecule has 1 amide bonds. The van der Waals surface area contributed by atoms with Crippen molar-refractivity contribution in [1.29, 1.82) is 0 Å². The second-order valence-corrected chi connectivity index (χ2v) is 7.38. The minimum Gasteiger partial charge on any atom is -0.455 e. The maximum Gasteiger partial charge on any atom is 0.243 e. The number of rotatable bonds is 7. The number of anilines is 3. The van der Waals surface area contributed by atoms with Crippen molar-refractivity contribution < 1.29 is 9.53 Å². The first-order valence-electron chi connectivity index (χ1n) is 10.5. The molecule has 1 fully saturated rings. The molecule has 0 radical (unpaired) electrons. The molecule has 0 spiro atoms. The number of amides is 1. The highest BCUT2D eigenvalue weighted by atomic mass is 16.5. The van der Waals surface area contributed by atoms with Gasteiger partial charge in [-0.25, -0.2) is 0 Å². The SMILES string of the molecule is O=C(CNc1ccccc1N1CCCCC1)Nc1ccccc1Oc1ccccc1. The number of nitrogens with zero attached hydrogens (tertiary/aromatic N) is 1. The second kappa shape index (κ2) is 9.83. The summed E-state index contributed by atoms with van der Waals surface area (Å²) in [6.07, 6.45) is 3.72. The number of carbonyl (C=O) groups excluding carboxylic acids is 1. The van der Waals surface area contributed by atoms with Crippen molar-refractivity contribution in [3.63, 3.8) is 0 Å². The fraction of sp³-hybridized carbons (Fsp3) is 0.240. The molecule has 0 bridgehead atoms. The van der Waals surface area contributed by atoms with Crippen molar-refractivity contribution in [1.82, 2.24) is 0 Å². The van der Waals surface area contributed by atoms with E-state index in [-0.39, 0.29) is 12.5 Å². The summed E-state index contributed by atoms with van der Waals surface area (Å²) >= 11 is 0. The molecule has 0 unspecified atom stereocenters. The quantitative estimate of drug-likeness (QED) is 0.547. The zero-order chi connectivity index (χ0) is 20.6. The van der Waals surface area contributed by atoms with E-state index in [0.717, 1.165) is 30.2 Å². The van der Waals surface area contributed by atoms with Gasteiger partial charge in [0, 0.05) is 13.1 Å². The zero-order valence-electron chi connectivity index (χ0n) is 17.0. The van der Waals surface area contributed by atoms with E-state index < -0.39 is 0 Å². The smallest absolute Gasteiger partial charge is 0.243 e. The van der Waals surface area contributed by atoms with Crippen LogP contribution in [0.2, 0.25) is 0 Å². The van der Waals surface area contributed by atoms with Crippen LogP contribution in [0.4, 0.5) is 17.1 Å². The Labute approximate surface area is 177 Å². The van der Waals surface area contributed by atoms with Gasteiger partial charge in [0.2, 0.25) is 5.91 Å². The van der Waals surface area contributed by atoms with Gasteiger partial charge in [-0.2, -0.15) is 0 Å². The van der Waals surface area contributed by atoms with E-state index in [9.17, 15) is 4.79 Å². The van der Waals surface area contributed by atoms with Crippen molar-refractivity contribution in [2.24, 2.45) is 0 Å². The first-order valence-corrected chi connectivity index (χ1v) is 10.5. The molecule has 0 atom stereocenters. The van der Waals surface area contributed by atoms with Gasteiger partial charge >= 0.3 is 0 Å². The van der Waals surface area contributed by atoms with Gasteiger partial charge in [0.15, 0.2) is 5.75 Å². The molecule has 3 aromatic carbocycles. The van der Waals surface area contributed by atoms with Gasteiger partial charge in [-0.3, -0.25) is 4.79 Å². The van der Waals surface area contributed by atoms with Crippen molar-refractivity contribution >= 4 is 23.0 Å². The molecule has 5 nitrogen and oxygen atoms in total. The highest BCUT2D eigenvalue weighted by Crippen LogP contribution is 2.30. The van der Waals surface area contributed by atoms with Gasteiger partial charge < -0.3 is 20.3 Å². The van der Waals surface area contributed by atoms with Crippen molar-refractivity contribution in [2.45, 2.75) is 19.3 Å². The lowest BCUT2D eigenvalue weighted by Crippen LogP contribution is -2.30. The standard InChI is InChI=1S/C25H27N3O2/c29-25(19-26-21-13-5-7-15-23(21)28-17-9-2-10-18-28)27-22-14-6-8-16-24(22)30-20-11-3-1-4-12-20/h1,3-8,11-16,26H,2,9-10,17-19H2,(H,27,29). The van der Waals surface area contributed by atoms with Gasteiger partial charge in [0.05, 0.1) is 23.6 Å². The molecule has 5 heteroatoms. The largest absolute Gasteiger partial charge is 0.455 e. The number of hydrogen-bond acceptors (Lipinski definition) is 4. The summed E-state index contributed by atoms with van der Waals surface area (Å²) < 4.78 is 5.93. The molecule has 154 valence electrons. The topological polar surface area (TPSA) is 53.6 Å². The normalized spacial score (nSPS) is 13.5. The Morgan fingerprint density at radius 3 is 2.27 bits per heavy atom. The van der Waals surface area contributed by atoms with Crippen LogP contribution in [0.1, 0.15) is 19.3 Å². The third-order valence-electron chi connectivity index (χ3n) is 5.17. The third kappa shape index (κ3) is 5.11. The molecular formula is C25H27N3O2. The minimum atomic E-state index is -0.118. The molecule has 3 aromatic rings. The van der Waals surface area contributed by atoms with Gasteiger partial charge in [0.1, 0.15) is 5.75 Å². The first kappa shape index (κ1) is 19.8. The number of para-hydroxylation sites is 5. The van der Waals surface area contributed by atoms with Crippen LogP contribution in [0.3, 0.4) is 0 Å². The van der Waals surface area contributed by atoms with Crippen LogP contribution >= 0.6 is 0 Å². The Hall–Kier alpha value is -3.47. The van der Waals surface area contributed by atoms with Gasteiger partial charge in [-0.05, 0) is 55.7 Å². The summed E-state index contributed by atoms with van der Waals surface area (Å²) in [4.78, 5) is 15.0. The Bertz CT molecular complexity index is 969. The lowest BCUT2D eigenvalue weighted by molar-refractivity contribution is -0.114. The molecule has 0 aromatic heterocycles. The Balaban J connectivity index is 1.39. The average Bonchev–Trinajstić information content (AvgIpc) is 2.80. The van der Waals surface area contributed by atoms with Crippen molar-refractivity contribution in [3.8, 4) is 11.5 Å². The molecule has 4 rings (SSSR count). The Kier molecular flexibility index (Phi) is 6.50. The number of nitrogens with one attached hydrogen (secondary N) is 2. The van der Waals surface area contributed by atoms with Crippen LogP contribution in [0.5, 0.6) is 11.5 Å². The summed E-state index contributed by atoms with van der Waals surface area (Å²) in [5.74, 6) is 1.23. The highest BCUT2D eigenvalue weighted by Gasteiger charge is 2.15. The molecule has 1 heterocycles. The van der Waals surface area contributed by atoms with E-state index in [1.54, 1.807) is 0 Å². The van der Waals surface area contributed by atoms with Crippen molar-refractivity contribution in [3.05, 3.63) is 78.9 Å². The monoisotopic (exact) mass is 401 g/mol. The number of ether oxygens (including phenoxy) is 1. The summed E-state index contributed by atoms with van der Waals surface area (Å²) in [6, 6.07) is 25.2. The van der Waals surface area contributed by atoms with Crippen LogP contribution < -0.4 is 20.3 Å². The molecule has 30 heavy (non-hydrogen) atoms. The van der Waals surface area contributed by atoms with Gasteiger partial charge in [-0.15, -0.1) is 0 Å². The van der Waals surface area contributed by atoms with E-state index in [4.69, 9.17) is 4.74 Å². The fourth-order valence-electron chi connectivity index (χ4n) is 3.68. The van der Waals surface area contributed by atoms with E-state index >= 15 is 0 Å². The molecule has 2 N–H and O–H groups in total. The highest BCUT2D eigenvalue weighted by molar-refractivity contribution is 5.95. The molecule has 0 saturated carbocycles. The maximum atomic E-state index is 12.6. The number of carbonyl (C=O) groups is 1.